The maximum Gasteiger partial charge on any atom is 0.249 e. The van der Waals surface area contributed by atoms with Crippen LogP contribution in [0.5, 0.6) is 0 Å². The fourth-order valence-corrected chi connectivity index (χ4v) is 1.52. The van der Waals surface area contributed by atoms with Gasteiger partial charge in [0.05, 0.1) is 0 Å². The fourth-order valence-electron chi connectivity index (χ4n) is 1.52. The number of aliphatic hydroxyl groups is 1. The van der Waals surface area contributed by atoms with Gasteiger partial charge in [-0.15, -0.1) is 0 Å². The van der Waals surface area contributed by atoms with Crippen molar-refractivity contribution in [1.29, 1.82) is 0 Å². The van der Waals surface area contributed by atoms with E-state index in [2.05, 4.69) is 0 Å². The standard InChI is InChI=1S/C7H14N2O2/c8-5-2-1-3-7(11,4-5)6(9)10/h5,11H,1-4,8H2,(H2,9,10). The molecule has 1 rings (SSSR count). The van der Waals surface area contributed by atoms with Gasteiger partial charge >= 0.3 is 0 Å². The first kappa shape index (κ1) is 8.49. The summed E-state index contributed by atoms with van der Waals surface area (Å²) >= 11 is 0. The minimum Gasteiger partial charge on any atom is -0.380 e. The van der Waals surface area contributed by atoms with Crippen LogP contribution in [0.25, 0.3) is 0 Å². The molecule has 5 N–H and O–H groups in total. The molecule has 0 aromatic carbocycles. The fraction of sp³-hybridized carbons (Fsp3) is 0.857. The quantitative estimate of drug-likeness (QED) is 0.462. The maximum absolute atomic E-state index is 10.7. The third kappa shape index (κ3) is 1.70. The number of carbonyl (C=O) groups is 1. The Labute approximate surface area is 65.6 Å². The van der Waals surface area contributed by atoms with Gasteiger partial charge in [-0.2, -0.15) is 0 Å². The molecule has 2 unspecified atom stereocenters. The van der Waals surface area contributed by atoms with Gasteiger partial charge in [-0.25, -0.2) is 0 Å². The van der Waals surface area contributed by atoms with Gasteiger partial charge in [0.15, 0.2) is 0 Å². The molecule has 0 aromatic heterocycles. The van der Waals surface area contributed by atoms with Crippen LogP contribution in [0.2, 0.25) is 0 Å². The van der Waals surface area contributed by atoms with E-state index in [9.17, 15) is 9.90 Å². The summed E-state index contributed by atoms with van der Waals surface area (Å²) in [5.41, 5.74) is 9.26. The highest BCUT2D eigenvalue weighted by molar-refractivity contribution is 5.83. The van der Waals surface area contributed by atoms with E-state index in [1.165, 1.54) is 0 Å². The SMILES string of the molecule is NC(=O)C1(O)CCCC(N)C1. The second-order valence-corrected chi connectivity index (χ2v) is 3.25. The van der Waals surface area contributed by atoms with Crippen molar-refractivity contribution in [3.63, 3.8) is 0 Å². The molecule has 0 saturated heterocycles. The number of primary amides is 1. The van der Waals surface area contributed by atoms with Gasteiger partial charge in [-0.05, 0) is 19.3 Å². The summed E-state index contributed by atoms with van der Waals surface area (Å²) in [4.78, 5) is 10.7. The lowest BCUT2D eigenvalue weighted by atomic mass is 9.82. The Kier molecular flexibility index (Phi) is 2.15. The average molecular weight is 158 g/mol. The maximum atomic E-state index is 10.7. The van der Waals surface area contributed by atoms with Crippen molar-refractivity contribution in [2.45, 2.75) is 37.3 Å². The third-order valence-electron chi connectivity index (χ3n) is 2.22. The van der Waals surface area contributed by atoms with Crippen LogP contribution < -0.4 is 11.5 Å². The third-order valence-corrected chi connectivity index (χ3v) is 2.22. The highest BCUT2D eigenvalue weighted by Gasteiger charge is 2.38. The Morgan fingerprint density at radius 3 is 2.64 bits per heavy atom. The van der Waals surface area contributed by atoms with Crippen LogP contribution in [0, 0.1) is 0 Å². The van der Waals surface area contributed by atoms with E-state index in [4.69, 9.17) is 11.5 Å². The van der Waals surface area contributed by atoms with Crippen LogP contribution in [0.3, 0.4) is 0 Å². The molecule has 1 amide bonds. The number of hydrogen-bond donors (Lipinski definition) is 3. The summed E-state index contributed by atoms with van der Waals surface area (Å²) in [5, 5.41) is 9.56. The lowest BCUT2D eigenvalue weighted by molar-refractivity contribution is -0.139. The molecule has 0 bridgehead atoms. The molecule has 11 heavy (non-hydrogen) atoms. The number of carbonyl (C=O) groups excluding carboxylic acids is 1. The number of hydrogen-bond acceptors (Lipinski definition) is 3. The summed E-state index contributed by atoms with van der Waals surface area (Å²) in [6.07, 6.45) is 2.41. The van der Waals surface area contributed by atoms with E-state index in [0.29, 0.717) is 12.8 Å². The highest BCUT2D eigenvalue weighted by atomic mass is 16.3. The van der Waals surface area contributed by atoms with E-state index in [1.54, 1.807) is 0 Å². The normalized spacial score (nSPS) is 38.5. The lowest BCUT2D eigenvalue weighted by Crippen LogP contribution is -2.50. The van der Waals surface area contributed by atoms with E-state index >= 15 is 0 Å². The van der Waals surface area contributed by atoms with E-state index in [-0.39, 0.29) is 6.04 Å². The molecule has 1 saturated carbocycles. The Morgan fingerprint density at radius 1 is 1.64 bits per heavy atom. The molecule has 0 aliphatic heterocycles. The second-order valence-electron chi connectivity index (χ2n) is 3.25. The van der Waals surface area contributed by atoms with Gasteiger partial charge in [-0.1, -0.05) is 0 Å². The monoisotopic (exact) mass is 158 g/mol. The Hall–Kier alpha value is -0.610. The van der Waals surface area contributed by atoms with Crippen molar-refractivity contribution in [3.05, 3.63) is 0 Å². The average Bonchev–Trinajstić information content (AvgIpc) is 1.86. The van der Waals surface area contributed by atoms with Gasteiger partial charge in [0.2, 0.25) is 5.91 Å². The van der Waals surface area contributed by atoms with Crippen molar-refractivity contribution < 1.29 is 9.90 Å². The number of rotatable bonds is 1. The molecule has 0 heterocycles. The topological polar surface area (TPSA) is 89.3 Å². The van der Waals surface area contributed by atoms with Crippen LogP contribution in [-0.2, 0) is 4.79 Å². The number of nitrogens with two attached hydrogens (primary N) is 2. The van der Waals surface area contributed by atoms with Crippen LogP contribution in [-0.4, -0.2) is 22.7 Å². The summed E-state index contributed by atoms with van der Waals surface area (Å²) in [6.45, 7) is 0. The Bertz CT molecular complexity index is 172. The van der Waals surface area contributed by atoms with Crippen LogP contribution in [0.4, 0.5) is 0 Å². The largest absolute Gasteiger partial charge is 0.380 e. The number of amides is 1. The molecule has 1 aliphatic carbocycles. The van der Waals surface area contributed by atoms with Gasteiger partial charge in [0.25, 0.3) is 0 Å². The second kappa shape index (κ2) is 2.79. The van der Waals surface area contributed by atoms with Crippen molar-refractivity contribution in [2.24, 2.45) is 11.5 Å². The van der Waals surface area contributed by atoms with Crippen molar-refractivity contribution in [3.8, 4) is 0 Å². The molecule has 4 heteroatoms. The highest BCUT2D eigenvalue weighted by Crippen LogP contribution is 2.26. The molecule has 1 aliphatic rings. The summed E-state index contributed by atoms with van der Waals surface area (Å²) < 4.78 is 0. The molecule has 4 nitrogen and oxygen atoms in total. The van der Waals surface area contributed by atoms with E-state index < -0.39 is 11.5 Å². The van der Waals surface area contributed by atoms with Gasteiger partial charge in [0.1, 0.15) is 5.60 Å². The molecule has 2 atom stereocenters. The first-order valence-corrected chi connectivity index (χ1v) is 3.82. The first-order valence-electron chi connectivity index (χ1n) is 3.82. The molecular weight excluding hydrogens is 144 g/mol. The van der Waals surface area contributed by atoms with Gasteiger partial charge < -0.3 is 16.6 Å². The molecule has 0 aromatic rings. The predicted octanol–water partition coefficient (Wildman–Crippen LogP) is -0.896. The summed E-state index contributed by atoms with van der Waals surface area (Å²) in [5.74, 6) is -0.646. The smallest absolute Gasteiger partial charge is 0.249 e. The Morgan fingerprint density at radius 2 is 2.27 bits per heavy atom. The minimum atomic E-state index is -1.34. The van der Waals surface area contributed by atoms with E-state index in [1.807, 2.05) is 0 Å². The summed E-state index contributed by atoms with van der Waals surface area (Å²) in [7, 11) is 0. The zero-order chi connectivity index (χ0) is 8.48. The minimum absolute atomic E-state index is 0.0822. The van der Waals surface area contributed by atoms with Crippen LogP contribution in [0.15, 0.2) is 0 Å². The zero-order valence-electron chi connectivity index (χ0n) is 6.42. The molecule has 64 valence electrons. The Balaban J connectivity index is 2.63. The molecule has 1 fully saturated rings. The molecule has 0 spiro atoms. The zero-order valence-corrected chi connectivity index (χ0v) is 6.42. The summed E-state index contributed by atoms with van der Waals surface area (Å²) in [6, 6.07) is -0.0822. The van der Waals surface area contributed by atoms with Crippen LogP contribution >= 0.6 is 0 Å². The van der Waals surface area contributed by atoms with Crippen molar-refractivity contribution in [1.82, 2.24) is 0 Å². The predicted molar refractivity (Wildman–Crippen MR) is 40.6 cm³/mol. The van der Waals surface area contributed by atoms with E-state index in [0.717, 1.165) is 12.8 Å². The van der Waals surface area contributed by atoms with Gasteiger partial charge in [-0.3, -0.25) is 4.79 Å². The first-order chi connectivity index (χ1) is 5.04. The van der Waals surface area contributed by atoms with Crippen molar-refractivity contribution >= 4 is 5.91 Å². The molecule has 0 radical (unpaired) electrons. The van der Waals surface area contributed by atoms with Crippen LogP contribution in [0.1, 0.15) is 25.7 Å². The molecular formula is C7H14N2O2. The van der Waals surface area contributed by atoms with Crippen molar-refractivity contribution in [2.75, 3.05) is 0 Å². The lowest BCUT2D eigenvalue weighted by Gasteiger charge is -2.32. The van der Waals surface area contributed by atoms with Gasteiger partial charge in [0, 0.05) is 12.5 Å².